The minimum absolute atomic E-state index is 0.211. The van der Waals surface area contributed by atoms with Crippen LogP contribution in [0.4, 0.5) is 0 Å². The number of hydrogen-bond donors (Lipinski definition) is 1. The molecule has 142 valence electrons. The van der Waals surface area contributed by atoms with Gasteiger partial charge in [-0.3, -0.25) is 0 Å². The molecular formula is C25H30O2. The second-order valence-electron chi connectivity index (χ2n) is 9.38. The molecule has 0 unspecified atom stereocenters. The molecule has 2 aromatic rings. The van der Waals surface area contributed by atoms with Crippen molar-refractivity contribution in [2.75, 3.05) is 0 Å². The molecule has 0 bridgehead atoms. The summed E-state index contributed by atoms with van der Waals surface area (Å²) < 4.78 is 6.67. The lowest BCUT2D eigenvalue weighted by Gasteiger charge is -2.53. The van der Waals surface area contributed by atoms with Crippen molar-refractivity contribution in [1.29, 1.82) is 0 Å². The van der Waals surface area contributed by atoms with Gasteiger partial charge in [-0.25, -0.2) is 0 Å². The topological polar surface area (TPSA) is 29.5 Å². The molecule has 6 atom stereocenters. The molecule has 0 spiro atoms. The fourth-order valence-electron chi connectivity index (χ4n) is 6.65. The summed E-state index contributed by atoms with van der Waals surface area (Å²) in [5, 5.41) is 9.98. The largest absolute Gasteiger partial charge is 0.508 e. The zero-order valence-corrected chi connectivity index (χ0v) is 16.4. The van der Waals surface area contributed by atoms with Crippen LogP contribution < -0.4 is 4.74 Å². The van der Waals surface area contributed by atoms with Gasteiger partial charge in [0.05, 0.1) is 0 Å². The molecule has 1 N–H and O–H groups in total. The van der Waals surface area contributed by atoms with Crippen molar-refractivity contribution >= 4 is 0 Å². The number of ether oxygens (including phenoxy) is 1. The first-order chi connectivity index (χ1) is 13.1. The van der Waals surface area contributed by atoms with E-state index in [1.807, 2.05) is 18.2 Å². The number of fused-ring (bicyclic) bond motifs is 5. The number of hydrogen-bond acceptors (Lipinski definition) is 2. The van der Waals surface area contributed by atoms with Crippen molar-refractivity contribution in [3.63, 3.8) is 0 Å². The van der Waals surface area contributed by atoms with Gasteiger partial charge in [-0.2, -0.15) is 0 Å². The summed E-state index contributed by atoms with van der Waals surface area (Å²) in [4.78, 5) is 0. The van der Waals surface area contributed by atoms with E-state index >= 15 is 0 Å². The van der Waals surface area contributed by atoms with E-state index in [1.54, 1.807) is 0 Å². The first-order valence-electron chi connectivity index (χ1n) is 10.6. The quantitative estimate of drug-likeness (QED) is 0.716. The minimum Gasteiger partial charge on any atom is -0.508 e. The Labute approximate surface area is 162 Å². The van der Waals surface area contributed by atoms with E-state index in [1.165, 1.54) is 30.4 Å². The number of benzene rings is 2. The minimum atomic E-state index is 0.211. The van der Waals surface area contributed by atoms with Gasteiger partial charge in [-0.15, -0.1) is 0 Å². The monoisotopic (exact) mass is 362 g/mol. The van der Waals surface area contributed by atoms with Gasteiger partial charge in [0.25, 0.3) is 0 Å². The maximum Gasteiger partial charge on any atom is 0.119 e. The second kappa shape index (κ2) is 6.29. The van der Waals surface area contributed by atoms with Gasteiger partial charge in [0.1, 0.15) is 17.6 Å². The van der Waals surface area contributed by atoms with E-state index in [2.05, 4.69) is 44.2 Å². The summed E-state index contributed by atoms with van der Waals surface area (Å²) in [5.41, 5.74) is 3.13. The summed E-state index contributed by atoms with van der Waals surface area (Å²) >= 11 is 0. The third-order valence-electron chi connectivity index (χ3n) is 8.17. The van der Waals surface area contributed by atoms with Crippen LogP contribution >= 0.6 is 0 Å². The maximum absolute atomic E-state index is 9.98. The van der Waals surface area contributed by atoms with Crippen LogP contribution in [0.2, 0.25) is 0 Å². The van der Waals surface area contributed by atoms with E-state index < -0.39 is 0 Å². The van der Waals surface area contributed by atoms with Crippen molar-refractivity contribution in [2.24, 2.45) is 23.2 Å². The summed E-state index contributed by atoms with van der Waals surface area (Å²) in [5.74, 6) is 4.08. The molecule has 2 aromatic carbocycles. The highest BCUT2D eigenvalue weighted by Crippen LogP contribution is 2.63. The van der Waals surface area contributed by atoms with Gasteiger partial charge < -0.3 is 9.84 Å². The highest BCUT2D eigenvalue weighted by atomic mass is 16.5. The van der Waals surface area contributed by atoms with Crippen molar-refractivity contribution in [3.8, 4) is 11.5 Å². The highest BCUT2D eigenvalue weighted by molar-refractivity contribution is 5.41. The number of aromatic hydroxyl groups is 1. The standard InChI is InChI=1S/C25H30O2/c1-16-8-13-22-21-11-9-17-14-18(26)10-12-20(17)24(21)23(15-25(16,22)2)27-19-6-4-3-5-7-19/h3-7,10,12,14,16,21-24,26H,8-9,11,13,15H2,1-2H3/t16-,21-,22-,23-,24+,25+/m0/s1. The molecule has 0 amide bonds. The van der Waals surface area contributed by atoms with E-state index in [9.17, 15) is 5.11 Å². The highest BCUT2D eigenvalue weighted by Gasteiger charge is 2.57. The molecule has 2 nitrogen and oxygen atoms in total. The van der Waals surface area contributed by atoms with Crippen molar-refractivity contribution in [2.45, 2.75) is 58.0 Å². The first kappa shape index (κ1) is 17.2. The number of rotatable bonds is 2. The molecule has 2 saturated carbocycles. The molecule has 27 heavy (non-hydrogen) atoms. The van der Waals surface area contributed by atoms with Crippen LogP contribution in [0.15, 0.2) is 48.5 Å². The molecule has 2 fully saturated rings. The van der Waals surface area contributed by atoms with Crippen LogP contribution in [0, 0.1) is 23.2 Å². The number of phenolic OH excluding ortho intramolecular Hbond substituents is 1. The van der Waals surface area contributed by atoms with E-state index in [0.717, 1.165) is 30.4 Å². The predicted molar refractivity (Wildman–Crippen MR) is 108 cm³/mol. The number of para-hydroxylation sites is 1. The third-order valence-corrected chi connectivity index (χ3v) is 8.17. The molecule has 0 saturated heterocycles. The lowest BCUT2D eigenvalue weighted by Crippen LogP contribution is -2.50. The summed E-state index contributed by atoms with van der Waals surface area (Å²) in [6.45, 7) is 4.98. The fourth-order valence-corrected chi connectivity index (χ4v) is 6.65. The van der Waals surface area contributed by atoms with Crippen LogP contribution in [0.3, 0.4) is 0 Å². The van der Waals surface area contributed by atoms with Crippen LogP contribution in [0.1, 0.15) is 56.6 Å². The fraction of sp³-hybridized carbons (Fsp3) is 0.520. The molecule has 3 aliphatic rings. The Hall–Kier alpha value is -1.96. The molecule has 5 rings (SSSR count). The third kappa shape index (κ3) is 2.68. The summed E-state index contributed by atoms with van der Waals surface area (Å²) in [6.07, 6.45) is 6.37. The lowest BCUT2D eigenvalue weighted by atomic mass is 9.53. The van der Waals surface area contributed by atoms with Crippen molar-refractivity contribution < 1.29 is 9.84 Å². The lowest BCUT2D eigenvalue weighted by molar-refractivity contribution is -0.0412. The predicted octanol–water partition coefficient (Wildman–Crippen LogP) is 5.94. The molecular weight excluding hydrogens is 332 g/mol. The Morgan fingerprint density at radius 1 is 1.04 bits per heavy atom. The van der Waals surface area contributed by atoms with E-state index in [0.29, 0.717) is 23.0 Å². The smallest absolute Gasteiger partial charge is 0.119 e. The summed E-state index contributed by atoms with van der Waals surface area (Å²) in [7, 11) is 0. The van der Waals surface area contributed by atoms with Crippen LogP contribution in [-0.4, -0.2) is 11.2 Å². The molecule has 3 aliphatic carbocycles. The van der Waals surface area contributed by atoms with Gasteiger partial charge in [-0.1, -0.05) is 38.1 Å². The van der Waals surface area contributed by atoms with Gasteiger partial charge >= 0.3 is 0 Å². The zero-order valence-electron chi connectivity index (χ0n) is 16.4. The Kier molecular flexibility index (Phi) is 4.00. The van der Waals surface area contributed by atoms with E-state index in [4.69, 9.17) is 4.74 Å². The SMILES string of the molecule is C[C@H]1CC[C@H]2[C@@H]3CCc4cc(O)ccc4[C@H]3[C@@H](Oc3ccccc3)C[C@]12C. The van der Waals surface area contributed by atoms with Gasteiger partial charge in [0.2, 0.25) is 0 Å². The Balaban J connectivity index is 1.57. The normalized spacial score (nSPS) is 37.2. The molecule has 0 radical (unpaired) electrons. The molecule has 0 aliphatic heterocycles. The first-order valence-corrected chi connectivity index (χ1v) is 10.6. The Bertz CT molecular complexity index is 829. The number of phenols is 1. The van der Waals surface area contributed by atoms with E-state index in [-0.39, 0.29) is 6.10 Å². The zero-order chi connectivity index (χ0) is 18.6. The average Bonchev–Trinajstić information content (AvgIpc) is 2.96. The van der Waals surface area contributed by atoms with Crippen LogP contribution in [-0.2, 0) is 6.42 Å². The maximum atomic E-state index is 9.98. The van der Waals surface area contributed by atoms with Gasteiger partial charge in [0.15, 0.2) is 0 Å². The molecule has 2 heteroatoms. The second-order valence-corrected chi connectivity index (χ2v) is 9.38. The Morgan fingerprint density at radius 2 is 1.85 bits per heavy atom. The number of aryl methyl sites for hydroxylation is 1. The van der Waals surface area contributed by atoms with Crippen molar-refractivity contribution in [1.82, 2.24) is 0 Å². The van der Waals surface area contributed by atoms with Gasteiger partial charge in [0, 0.05) is 5.92 Å². The van der Waals surface area contributed by atoms with Crippen LogP contribution in [0.5, 0.6) is 11.5 Å². The van der Waals surface area contributed by atoms with Crippen molar-refractivity contribution in [3.05, 3.63) is 59.7 Å². The molecule has 0 heterocycles. The Morgan fingerprint density at radius 3 is 2.67 bits per heavy atom. The average molecular weight is 363 g/mol. The van der Waals surface area contributed by atoms with Gasteiger partial charge in [-0.05, 0) is 90.7 Å². The summed E-state index contributed by atoms with van der Waals surface area (Å²) in [6, 6.07) is 16.4. The van der Waals surface area contributed by atoms with Crippen LogP contribution in [0.25, 0.3) is 0 Å². The molecule has 0 aromatic heterocycles.